The molecule has 0 saturated heterocycles. The van der Waals surface area contributed by atoms with E-state index in [9.17, 15) is 5.11 Å². The molecule has 0 amide bonds. The second-order valence-electron chi connectivity index (χ2n) is 6.55. The summed E-state index contributed by atoms with van der Waals surface area (Å²) in [4.78, 5) is 2.31. The number of rotatable bonds is 4. The highest BCUT2D eigenvalue weighted by Gasteiger charge is 2.35. The van der Waals surface area contributed by atoms with Crippen LogP contribution in [0.1, 0.15) is 38.2 Å². The van der Waals surface area contributed by atoms with E-state index in [-0.39, 0.29) is 5.41 Å². The van der Waals surface area contributed by atoms with E-state index in [0.717, 1.165) is 25.3 Å². The van der Waals surface area contributed by atoms with Gasteiger partial charge in [0, 0.05) is 24.7 Å². The van der Waals surface area contributed by atoms with E-state index in [1.807, 2.05) is 0 Å². The van der Waals surface area contributed by atoms with Gasteiger partial charge < -0.3 is 10.0 Å². The first kappa shape index (κ1) is 14.4. The highest BCUT2D eigenvalue weighted by atomic mass is 16.3. The van der Waals surface area contributed by atoms with Crippen molar-refractivity contribution in [1.82, 2.24) is 0 Å². The molecule has 1 aromatic rings. The highest BCUT2D eigenvalue weighted by Crippen LogP contribution is 2.40. The molecular formula is C17H27NO. The largest absolute Gasteiger partial charge is 0.396 e. The third kappa shape index (κ3) is 3.50. The van der Waals surface area contributed by atoms with Crippen LogP contribution in [0.25, 0.3) is 0 Å². The van der Waals surface area contributed by atoms with Crippen LogP contribution in [0.4, 0.5) is 5.69 Å². The molecule has 0 radical (unpaired) electrons. The normalized spacial score (nSPS) is 27.3. The molecule has 2 rings (SSSR count). The molecule has 1 aliphatic carbocycles. The Morgan fingerprint density at radius 3 is 2.84 bits per heavy atom. The van der Waals surface area contributed by atoms with Crippen LogP contribution in [-0.2, 0) is 0 Å². The average molecular weight is 261 g/mol. The Labute approximate surface area is 117 Å². The zero-order valence-corrected chi connectivity index (χ0v) is 12.5. The Hall–Kier alpha value is -1.02. The van der Waals surface area contributed by atoms with E-state index in [0.29, 0.717) is 6.61 Å². The monoisotopic (exact) mass is 261 g/mol. The molecule has 1 aliphatic rings. The van der Waals surface area contributed by atoms with Crippen LogP contribution >= 0.6 is 0 Å². The van der Waals surface area contributed by atoms with Crippen molar-refractivity contribution in [2.75, 3.05) is 25.1 Å². The number of aliphatic hydroxyl groups excluding tert-OH is 1. The molecule has 1 N–H and O–H groups in total. The van der Waals surface area contributed by atoms with Crippen molar-refractivity contribution in [3.63, 3.8) is 0 Å². The van der Waals surface area contributed by atoms with Gasteiger partial charge in [-0.15, -0.1) is 0 Å². The van der Waals surface area contributed by atoms with Crippen molar-refractivity contribution in [2.24, 2.45) is 11.3 Å². The number of aryl methyl sites for hydroxylation is 1. The van der Waals surface area contributed by atoms with E-state index in [1.165, 1.54) is 24.1 Å². The van der Waals surface area contributed by atoms with Gasteiger partial charge in [0.1, 0.15) is 0 Å². The molecule has 1 aromatic carbocycles. The summed E-state index contributed by atoms with van der Waals surface area (Å²) in [6.07, 6.45) is 4.88. The molecule has 0 aliphatic heterocycles. The molecule has 0 spiro atoms. The lowest BCUT2D eigenvalue weighted by molar-refractivity contribution is 0.0676. The van der Waals surface area contributed by atoms with E-state index < -0.39 is 0 Å². The third-order valence-electron chi connectivity index (χ3n) is 4.54. The van der Waals surface area contributed by atoms with Gasteiger partial charge in [0.2, 0.25) is 0 Å². The molecule has 0 aromatic heterocycles. The molecule has 2 atom stereocenters. The summed E-state index contributed by atoms with van der Waals surface area (Å²) in [6, 6.07) is 8.61. The van der Waals surface area contributed by atoms with Crippen molar-refractivity contribution in [1.29, 1.82) is 0 Å². The lowest BCUT2D eigenvalue weighted by Gasteiger charge is -2.41. The maximum Gasteiger partial charge on any atom is 0.0504 e. The number of benzene rings is 1. The van der Waals surface area contributed by atoms with Gasteiger partial charge in [-0.3, -0.25) is 0 Å². The van der Waals surface area contributed by atoms with Crippen molar-refractivity contribution < 1.29 is 5.11 Å². The van der Waals surface area contributed by atoms with Crippen molar-refractivity contribution in [2.45, 2.75) is 39.5 Å². The number of hydrogen-bond donors (Lipinski definition) is 1. The van der Waals surface area contributed by atoms with Crippen LogP contribution in [0.5, 0.6) is 0 Å². The minimum Gasteiger partial charge on any atom is -0.396 e. The maximum atomic E-state index is 9.88. The highest BCUT2D eigenvalue weighted by molar-refractivity contribution is 5.47. The SMILES string of the molecule is Cc1cccc(N(C)CC2(CO)CCCC(C)C2)c1. The Bertz CT molecular complexity index is 417. The standard InChI is InChI=1S/C17H27NO/c1-14-6-4-8-16(10-14)18(3)12-17(13-19)9-5-7-15(2)11-17/h4,6,8,10,15,19H,5,7,9,11-13H2,1-3H3. The Balaban J connectivity index is 2.09. The number of aliphatic hydroxyl groups is 1. The molecule has 2 nitrogen and oxygen atoms in total. The lowest BCUT2D eigenvalue weighted by Crippen LogP contribution is -2.41. The summed E-state index contributed by atoms with van der Waals surface area (Å²) in [7, 11) is 2.14. The van der Waals surface area contributed by atoms with Gasteiger partial charge >= 0.3 is 0 Å². The quantitative estimate of drug-likeness (QED) is 0.895. The number of hydrogen-bond acceptors (Lipinski definition) is 2. The first-order valence-corrected chi connectivity index (χ1v) is 7.43. The van der Waals surface area contributed by atoms with E-state index in [4.69, 9.17) is 0 Å². The molecule has 1 fully saturated rings. The molecule has 19 heavy (non-hydrogen) atoms. The van der Waals surface area contributed by atoms with E-state index in [1.54, 1.807) is 0 Å². The second kappa shape index (κ2) is 5.96. The smallest absolute Gasteiger partial charge is 0.0504 e. The Morgan fingerprint density at radius 1 is 1.42 bits per heavy atom. The molecular weight excluding hydrogens is 234 g/mol. The predicted octanol–water partition coefficient (Wildman–Crippen LogP) is 3.62. The number of anilines is 1. The first-order chi connectivity index (χ1) is 9.04. The topological polar surface area (TPSA) is 23.5 Å². The molecule has 0 bridgehead atoms. The van der Waals surface area contributed by atoms with Gasteiger partial charge in [0.25, 0.3) is 0 Å². The summed E-state index contributed by atoms with van der Waals surface area (Å²) in [5, 5.41) is 9.88. The Morgan fingerprint density at radius 2 is 2.21 bits per heavy atom. The van der Waals surface area contributed by atoms with Gasteiger partial charge in [-0.25, -0.2) is 0 Å². The summed E-state index contributed by atoms with van der Waals surface area (Å²) in [5.41, 5.74) is 2.64. The van der Waals surface area contributed by atoms with Crippen LogP contribution in [0.15, 0.2) is 24.3 Å². The fourth-order valence-electron chi connectivity index (χ4n) is 3.57. The molecule has 106 valence electrons. The fraction of sp³-hybridized carbons (Fsp3) is 0.647. The third-order valence-corrected chi connectivity index (χ3v) is 4.54. The van der Waals surface area contributed by atoms with Gasteiger partial charge in [0.05, 0.1) is 6.61 Å². The minimum atomic E-state index is 0.0934. The van der Waals surface area contributed by atoms with Crippen molar-refractivity contribution in [3.05, 3.63) is 29.8 Å². The van der Waals surface area contributed by atoms with Crippen LogP contribution in [-0.4, -0.2) is 25.3 Å². The number of nitrogens with zero attached hydrogens (tertiary/aromatic N) is 1. The average Bonchev–Trinajstić information content (AvgIpc) is 2.38. The molecule has 2 heteroatoms. The summed E-state index contributed by atoms with van der Waals surface area (Å²) < 4.78 is 0. The van der Waals surface area contributed by atoms with E-state index >= 15 is 0 Å². The van der Waals surface area contributed by atoms with Crippen LogP contribution in [0.2, 0.25) is 0 Å². The Kier molecular flexibility index (Phi) is 4.51. The minimum absolute atomic E-state index is 0.0934. The first-order valence-electron chi connectivity index (χ1n) is 7.43. The maximum absolute atomic E-state index is 9.88. The fourth-order valence-corrected chi connectivity index (χ4v) is 3.57. The molecule has 2 unspecified atom stereocenters. The van der Waals surface area contributed by atoms with Crippen molar-refractivity contribution >= 4 is 5.69 Å². The lowest BCUT2D eigenvalue weighted by atomic mass is 9.70. The van der Waals surface area contributed by atoms with Crippen molar-refractivity contribution in [3.8, 4) is 0 Å². The van der Waals surface area contributed by atoms with Gasteiger partial charge in [-0.1, -0.05) is 31.9 Å². The van der Waals surface area contributed by atoms with Gasteiger partial charge in [-0.05, 0) is 43.4 Å². The second-order valence-corrected chi connectivity index (χ2v) is 6.55. The van der Waals surface area contributed by atoms with Gasteiger partial charge in [0.15, 0.2) is 0 Å². The molecule has 0 heterocycles. The van der Waals surface area contributed by atoms with Crippen LogP contribution in [0, 0.1) is 18.3 Å². The predicted molar refractivity (Wildman–Crippen MR) is 81.6 cm³/mol. The van der Waals surface area contributed by atoms with E-state index in [2.05, 4.69) is 50.1 Å². The summed E-state index contributed by atoms with van der Waals surface area (Å²) in [5.74, 6) is 0.742. The van der Waals surface area contributed by atoms with Crippen LogP contribution < -0.4 is 4.90 Å². The zero-order chi connectivity index (χ0) is 13.9. The van der Waals surface area contributed by atoms with Crippen LogP contribution in [0.3, 0.4) is 0 Å². The molecule has 1 saturated carbocycles. The summed E-state index contributed by atoms with van der Waals surface area (Å²) >= 11 is 0. The zero-order valence-electron chi connectivity index (χ0n) is 12.5. The van der Waals surface area contributed by atoms with Gasteiger partial charge in [-0.2, -0.15) is 0 Å². The summed E-state index contributed by atoms with van der Waals surface area (Å²) in [6.45, 7) is 5.71.